The molecule has 1 aromatic carbocycles. The SMILES string of the molecule is COC1(CNS(=O)(=O)c2cccc(N)c2)CCOC1. The molecule has 0 radical (unpaired) electrons. The van der Waals surface area contributed by atoms with Gasteiger partial charge in [-0.05, 0) is 18.2 Å². The highest BCUT2D eigenvalue weighted by atomic mass is 32.2. The monoisotopic (exact) mass is 286 g/mol. The molecule has 2 rings (SSSR count). The van der Waals surface area contributed by atoms with Gasteiger partial charge in [0.15, 0.2) is 0 Å². The Kier molecular flexibility index (Phi) is 4.10. The number of ether oxygens (including phenoxy) is 2. The third-order valence-corrected chi connectivity index (χ3v) is 4.65. The van der Waals surface area contributed by atoms with Crippen LogP contribution in [0.25, 0.3) is 0 Å². The molecule has 6 nitrogen and oxygen atoms in total. The fourth-order valence-corrected chi connectivity index (χ4v) is 3.12. The molecule has 0 bridgehead atoms. The van der Waals surface area contributed by atoms with Gasteiger partial charge < -0.3 is 15.2 Å². The van der Waals surface area contributed by atoms with Gasteiger partial charge in [-0.25, -0.2) is 13.1 Å². The molecule has 7 heteroatoms. The minimum Gasteiger partial charge on any atom is -0.399 e. The summed E-state index contributed by atoms with van der Waals surface area (Å²) < 4.78 is 37.5. The number of methoxy groups -OCH3 is 1. The number of sulfonamides is 1. The lowest BCUT2D eigenvalue weighted by Gasteiger charge is -2.25. The van der Waals surface area contributed by atoms with Gasteiger partial charge in [-0.2, -0.15) is 0 Å². The Balaban J connectivity index is 2.09. The molecule has 0 aromatic heterocycles. The average molecular weight is 286 g/mol. The van der Waals surface area contributed by atoms with E-state index >= 15 is 0 Å². The molecule has 0 saturated carbocycles. The maximum atomic E-state index is 12.1. The van der Waals surface area contributed by atoms with Gasteiger partial charge in [-0.3, -0.25) is 0 Å². The molecule has 0 amide bonds. The molecule has 19 heavy (non-hydrogen) atoms. The second-order valence-corrected chi connectivity index (χ2v) is 6.35. The van der Waals surface area contributed by atoms with Gasteiger partial charge in [0, 0.05) is 32.4 Å². The third kappa shape index (κ3) is 3.24. The molecule has 1 unspecified atom stereocenters. The van der Waals surface area contributed by atoms with E-state index in [1.807, 2.05) is 0 Å². The molecule has 0 spiro atoms. The zero-order chi connectivity index (χ0) is 13.9. The van der Waals surface area contributed by atoms with Crippen LogP contribution in [-0.2, 0) is 19.5 Å². The van der Waals surface area contributed by atoms with E-state index < -0.39 is 15.6 Å². The number of benzene rings is 1. The van der Waals surface area contributed by atoms with Crippen molar-refractivity contribution in [3.05, 3.63) is 24.3 Å². The molecule has 1 heterocycles. The summed E-state index contributed by atoms with van der Waals surface area (Å²) in [7, 11) is -2.03. The molecular weight excluding hydrogens is 268 g/mol. The number of nitrogens with two attached hydrogens (primary N) is 1. The standard InChI is InChI=1S/C12H18N2O4S/c1-17-12(5-6-18-9-12)8-14-19(15,16)11-4-2-3-10(13)7-11/h2-4,7,14H,5-6,8-9,13H2,1H3. The maximum absolute atomic E-state index is 12.1. The minimum atomic E-state index is -3.58. The van der Waals surface area contributed by atoms with Crippen LogP contribution in [0.2, 0.25) is 0 Å². The number of rotatable bonds is 5. The van der Waals surface area contributed by atoms with E-state index in [4.69, 9.17) is 15.2 Å². The number of nitrogen functional groups attached to an aromatic ring is 1. The van der Waals surface area contributed by atoms with Crippen LogP contribution in [0.3, 0.4) is 0 Å². The van der Waals surface area contributed by atoms with Gasteiger partial charge in [0.2, 0.25) is 10.0 Å². The topological polar surface area (TPSA) is 90.7 Å². The summed E-state index contributed by atoms with van der Waals surface area (Å²) in [4.78, 5) is 0.151. The first-order chi connectivity index (χ1) is 8.97. The molecule has 0 aliphatic carbocycles. The van der Waals surface area contributed by atoms with Crippen molar-refractivity contribution in [1.82, 2.24) is 4.72 Å². The van der Waals surface area contributed by atoms with Crippen molar-refractivity contribution in [1.29, 1.82) is 0 Å². The van der Waals surface area contributed by atoms with Crippen LogP contribution in [0.1, 0.15) is 6.42 Å². The molecule has 1 saturated heterocycles. The summed E-state index contributed by atoms with van der Waals surface area (Å²) >= 11 is 0. The largest absolute Gasteiger partial charge is 0.399 e. The van der Waals surface area contributed by atoms with Crippen LogP contribution in [0, 0.1) is 0 Å². The van der Waals surface area contributed by atoms with Crippen molar-refractivity contribution in [3.63, 3.8) is 0 Å². The summed E-state index contributed by atoms with van der Waals surface area (Å²) in [5.74, 6) is 0. The molecule has 106 valence electrons. The Bertz CT molecular complexity index is 538. The second kappa shape index (κ2) is 5.46. The molecule has 3 N–H and O–H groups in total. The summed E-state index contributed by atoms with van der Waals surface area (Å²) in [5, 5.41) is 0. The van der Waals surface area contributed by atoms with Gasteiger partial charge in [0.05, 0.1) is 11.5 Å². The molecule has 1 aliphatic rings. The summed E-state index contributed by atoms with van der Waals surface area (Å²) in [5.41, 5.74) is 5.42. The van der Waals surface area contributed by atoms with E-state index in [9.17, 15) is 8.42 Å². The highest BCUT2D eigenvalue weighted by Crippen LogP contribution is 2.22. The van der Waals surface area contributed by atoms with Gasteiger partial charge in [0.25, 0.3) is 0 Å². The highest BCUT2D eigenvalue weighted by molar-refractivity contribution is 7.89. The Morgan fingerprint density at radius 2 is 2.32 bits per heavy atom. The van der Waals surface area contributed by atoms with Crippen LogP contribution in [0.4, 0.5) is 5.69 Å². The van der Waals surface area contributed by atoms with E-state index in [1.165, 1.54) is 12.1 Å². The van der Waals surface area contributed by atoms with Crippen LogP contribution in [0.15, 0.2) is 29.2 Å². The molecule has 1 aliphatic heterocycles. The van der Waals surface area contributed by atoms with E-state index in [0.29, 0.717) is 25.3 Å². The predicted molar refractivity (Wildman–Crippen MR) is 71.2 cm³/mol. The molecule has 1 atom stereocenters. The smallest absolute Gasteiger partial charge is 0.240 e. The van der Waals surface area contributed by atoms with Gasteiger partial charge >= 0.3 is 0 Å². The fraction of sp³-hybridized carbons (Fsp3) is 0.500. The maximum Gasteiger partial charge on any atom is 0.240 e. The first-order valence-electron chi connectivity index (χ1n) is 5.96. The van der Waals surface area contributed by atoms with Crippen LogP contribution >= 0.6 is 0 Å². The third-order valence-electron chi connectivity index (χ3n) is 3.25. The van der Waals surface area contributed by atoms with Crippen LogP contribution < -0.4 is 10.5 Å². The Morgan fingerprint density at radius 3 is 2.89 bits per heavy atom. The summed E-state index contributed by atoms with van der Waals surface area (Å²) in [6.45, 7) is 1.15. The zero-order valence-electron chi connectivity index (χ0n) is 10.8. The van der Waals surface area contributed by atoms with Crippen molar-refractivity contribution in [2.75, 3.05) is 32.6 Å². The Morgan fingerprint density at radius 1 is 1.53 bits per heavy atom. The number of anilines is 1. The lowest BCUT2D eigenvalue weighted by molar-refractivity contribution is -0.0120. The van der Waals surface area contributed by atoms with Crippen LogP contribution in [-0.4, -0.2) is 40.9 Å². The first kappa shape index (κ1) is 14.3. The fourth-order valence-electron chi connectivity index (χ4n) is 1.95. The van der Waals surface area contributed by atoms with E-state index in [0.717, 1.165) is 0 Å². The van der Waals surface area contributed by atoms with E-state index in [1.54, 1.807) is 19.2 Å². The van der Waals surface area contributed by atoms with Crippen molar-refractivity contribution >= 4 is 15.7 Å². The van der Waals surface area contributed by atoms with Gasteiger partial charge in [-0.1, -0.05) is 6.07 Å². The minimum absolute atomic E-state index is 0.151. The Hall–Kier alpha value is -1.15. The van der Waals surface area contributed by atoms with Crippen molar-refractivity contribution in [3.8, 4) is 0 Å². The summed E-state index contributed by atoms with van der Waals surface area (Å²) in [6.07, 6.45) is 0.670. The van der Waals surface area contributed by atoms with Crippen molar-refractivity contribution in [2.24, 2.45) is 0 Å². The molecule has 1 aromatic rings. The lowest BCUT2D eigenvalue weighted by Crippen LogP contribution is -2.44. The Labute approximate surface area is 112 Å². The number of hydrogen-bond acceptors (Lipinski definition) is 5. The van der Waals surface area contributed by atoms with Crippen molar-refractivity contribution < 1.29 is 17.9 Å². The number of nitrogens with one attached hydrogen (secondary N) is 1. The number of hydrogen-bond donors (Lipinski definition) is 2. The van der Waals surface area contributed by atoms with Gasteiger partial charge in [-0.15, -0.1) is 0 Å². The quantitative estimate of drug-likeness (QED) is 0.762. The van der Waals surface area contributed by atoms with Gasteiger partial charge in [0.1, 0.15) is 5.60 Å². The zero-order valence-corrected chi connectivity index (χ0v) is 11.6. The average Bonchev–Trinajstić information content (AvgIpc) is 2.86. The normalized spacial score (nSPS) is 23.6. The predicted octanol–water partition coefficient (Wildman–Crippen LogP) is 0.353. The van der Waals surface area contributed by atoms with Crippen LogP contribution in [0.5, 0.6) is 0 Å². The molecular formula is C12H18N2O4S. The summed E-state index contributed by atoms with van der Waals surface area (Å²) in [6, 6.07) is 6.17. The second-order valence-electron chi connectivity index (χ2n) is 4.59. The molecule has 1 fully saturated rings. The van der Waals surface area contributed by atoms with E-state index in [2.05, 4.69) is 4.72 Å². The lowest BCUT2D eigenvalue weighted by atomic mass is 10.0. The first-order valence-corrected chi connectivity index (χ1v) is 7.44. The highest BCUT2D eigenvalue weighted by Gasteiger charge is 2.36. The van der Waals surface area contributed by atoms with E-state index in [-0.39, 0.29) is 11.4 Å². The van der Waals surface area contributed by atoms with Crippen molar-refractivity contribution in [2.45, 2.75) is 16.9 Å².